The maximum Gasteiger partial charge on any atom is 0.240 e. The summed E-state index contributed by atoms with van der Waals surface area (Å²) in [5.41, 5.74) is 0.840. The molecule has 0 bridgehead atoms. The lowest BCUT2D eigenvalue weighted by molar-refractivity contribution is 0.576. The number of sulfonamides is 1. The monoisotopic (exact) mass is 370 g/mol. The van der Waals surface area contributed by atoms with Crippen molar-refractivity contribution in [2.24, 2.45) is 0 Å². The van der Waals surface area contributed by atoms with Gasteiger partial charge in [-0.2, -0.15) is 0 Å². The summed E-state index contributed by atoms with van der Waals surface area (Å²) in [5, 5.41) is 3.01. The van der Waals surface area contributed by atoms with E-state index in [9.17, 15) is 16.8 Å². The third-order valence-corrected chi connectivity index (χ3v) is 5.80. The Labute approximate surface area is 139 Å². The molecule has 0 heterocycles. The van der Waals surface area contributed by atoms with Gasteiger partial charge in [-0.05, 0) is 43.7 Å². The van der Waals surface area contributed by atoms with Gasteiger partial charge in [0.1, 0.15) is 0 Å². The molecule has 0 atom stereocenters. The first-order valence-electron chi connectivity index (χ1n) is 6.61. The summed E-state index contributed by atoms with van der Waals surface area (Å²) < 4.78 is 50.6. The highest BCUT2D eigenvalue weighted by Crippen LogP contribution is 2.24. The average molecular weight is 371 g/mol. The van der Waals surface area contributed by atoms with E-state index >= 15 is 0 Å². The maximum absolute atomic E-state index is 12.3. The standard InChI is InChI=1S/C13H22N2O4S2.ClH/c1-5-14-6-7-15-21(18,19)13-9-10(2)8-12(11(13)3)20(4,16)17;/h8-9,14-15H,5-7H2,1-4H3;1H. The summed E-state index contributed by atoms with van der Waals surface area (Å²) in [7, 11) is -7.20. The smallest absolute Gasteiger partial charge is 0.240 e. The largest absolute Gasteiger partial charge is 0.316 e. The van der Waals surface area contributed by atoms with E-state index in [2.05, 4.69) is 10.0 Å². The van der Waals surface area contributed by atoms with Crippen molar-refractivity contribution in [2.45, 2.75) is 30.6 Å². The summed E-state index contributed by atoms with van der Waals surface area (Å²) in [6, 6.07) is 2.97. The van der Waals surface area contributed by atoms with E-state index < -0.39 is 19.9 Å². The summed E-state index contributed by atoms with van der Waals surface area (Å²) >= 11 is 0. The molecule has 0 radical (unpaired) electrons. The molecule has 9 heteroatoms. The number of benzene rings is 1. The Kier molecular flexibility index (Phi) is 8.01. The van der Waals surface area contributed by atoms with Crippen LogP contribution in [0.5, 0.6) is 0 Å². The van der Waals surface area contributed by atoms with Crippen molar-refractivity contribution in [2.75, 3.05) is 25.9 Å². The van der Waals surface area contributed by atoms with Gasteiger partial charge in [0.25, 0.3) is 0 Å². The molecule has 1 rings (SSSR count). The third-order valence-electron chi connectivity index (χ3n) is 2.99. The minimum absolute atomic E-state index is 0. The third kappa shape index (κ3) is 5.51. The molecule has 0 spiro atoms. The quantitative estimate of drug-likeness (QED) is 0.699. The lowest BCUT2D eigenvalue weighted by Gasteiger charge is -2.13. The number of rotatable bonds is 7. The van der Waals surface area contributed by atoms with Crippen molar-refractivity contribution in [3.05, 3.63) is 23.3 Å². The van der Waals surface area contributed by atoms with E-state index in [1.165, 1.54) is 19.1 Å². The van der Waals surface area contributed by atoms with Crippen LogP contribution in [-0.4, -0.2) is 42.7 Å². The Morgan fingerprint density at radius 1 is 1.00 bits per heavy atom. The highest BCUT2D eigenvalue weighted by atomic mass is 35.5. The molecule has 0 fully saturated rings. The van der Waals surface area contributed by atoms with Crippen LogP contribution in [0.15, 0.2) is 21.9 Å². The Morgan fingerprint density at radius 3 is 2.05 bits per heavy atom. The van der Waals surface area contributed by atoms with Crippen LogP contribution in [-0.2, 0) is 19.9 Å². The lowest BCUT2D eigenvalue weighted by Crippen LogP contribution is -2.32. The fourth-order valence-electron chi connectivity index (χ4n) is 1.99. The minimum atomic E-state index is -3.73. The van der Waals surface area contributed by atoms with Gasteiger partial charge in [-0.15, -0.1) is 12.4 Å². The van der Waals surface area contributed by atoms with Gasteiger partial charge in [-0.25, -0.2) is 21.6 Å². The highest BCUT2D eigenvalue weighted by molar-refractivity contribution is 7.91. The average Bonchev–Trinajstić information content (AvgIpc) is 2.35. The topological polar surface area (TPSA) is 92.3 Å². The van der Waals surface area contributed by atoms with Gasteiger partial charge in [-0.3, -0.25) is 0 Å². The van der Waals surface area contributed by atoms with E-state index in [4.69, 9.17) is 0 Å². The molecular formula is C13H23ClN2O4S2. The predicted molar refractivity (Wildman–Crippen MR) is 90.0 cm³/mol. The number of likely N-dealkylation sites (N-methyl/N-ethyl adjacent to an activating group) is 1. The van der Waals surface area contributed by atoms with Gasteiger partial charge in [0.2, 0.25) is 10.0 Å². The summed E-state index contributed by atoms with van der Waals surface area (Å²) in [4.78, 5) is 0.0639. The van der Waals surface area contributed by atoms with Crippen molar-refractivity contribution in [1.82, 2.24) is 10.0 Å². The van der Waals surface area contributed by atoms with E-state index in [1.54, 1.807) is 6.92 Å². The number of sulfone groups is 1. The number of aryl methyl sites for hydroxylation is 1. The number of hydrogen-bond donors (Lipinski definition) is 2. The van der Waals surface area contributed by atoms with Crippen molar-refractivity contribution in [3.8, 4) is 0 Å². The molecule has 2 N–H and O–H groups in total. The van der Waals surface area contributed by atoms with Crippen LogP contribution in [0.2, 0.25) is 0 Å². The van der Waals surface area contributed by atoms with Gasteiger partial charge in [0.15, 0.2) is 9.84 Å². The molecule has 0 aliphatic carbocycles. The molecule has 128 valence electrons. The van der Waals surface area contributed by atoms with Crippen LogP contribution in [0.3, 0.4) is 0 Å². The van der Waals surface area contributed by atoms with E-state index in [0.717, 1.165) is 12.8 Å². The van der Waals surface area contributed by atoms with Crippen molar-refractivity contribution >= 4 is 32.3 Å². The van der Waals surface area contributed by atoms with Crippen LogP contribution < -0.4 is 10.0 Å². The molecule has 0 aliphatic heterocycles. The Bertz CT molecular complexity index is 716. The van der Waals surface area contributed by atoms with Gasteiger partial charge >= 0.3 is 0 Å². The van der Waals surface area contributed by atoms with Crippen molar-refractivity contribution < 1.29 is 16.8 Å². The Hall–Kier alpha value is -0.670. The fraction of sp³-hybridized carbons (Fsp3) is 0.538. The Balaban J connectivity index is 0.00000441. The van der Waals surface area contributed by atoms with Crippen LogP contribution in [0.4, 0.5) is 0 Å². The van der Waals surface area contributed by atoms with Gasteiger partial charge < -0.3 is 5.32 Å². The maximum atomic E-state index is 12.3. The van der Waals surface area contributed by atoms with Crippen LogP contribution in [0.1, 0.15) is 18.1 Å². The first kappa shape index (κ1) is 21.3. The van der Waals surface area contributed by atoms with E-state index in [-0.39, 0.29) is 34.3 Å². The summed E-state index contributed by atoms with van der Waals surface area (Å²) in [5.74, 6) is 0. The molecule has 0 aliphatic rings. The highest BCUT2D eigenvalue weighted by Gasteiger charge is 2.22. The van der Waals surface area contributed by atoms with Gasteiger partial charge in [-0.1, -0.05) is 6.92 Å². The lowest BCUT2D eigenvalue weighted by atomic mass is 10.2. The molecule has 6 nitrogen and oxygen atoms in total. The molecule has 1 aromatic carbocycles. The van der Waals surface area contributed by atoms with E-state index in [1.807, 2.05) is 6.92 Å². The number of hydrogen-bond acceptors (Lipinski definition) is 5. The SMILES string of the molecule is CCNCCNS(=O)(=O)c1cc(C)cc(S(C)(=O)=O)c1C.Cl. The second-order valence-corrected chi connectivity index (χ2v) is 8.63. The second kappa shape index (κ2) is 8.26. The van der Waals surface area contributed by atoms with Crippen LogP contribution >= 0.6 is 12.4 Å². The molecule has 0 saturated heterocycles. The molecule has 0 saturated carbocycles. The molecule has 1 aromatic rings. The first-order valence-corrected chi connectivity index (χ1v) is 9.98. The normalized spacial score (nSPS) is 12.0. The zero-order chi connectivity index (χ0) is 16.3. The first-order chi connectivity index (χ1) is 9.59. The molecular weight excluding hydrogens is 348 g/mol. The van der Waals surface area contributed by atoms with Crippen molar-refractivity contribution in [1.29, 1.82) is 0 Å². The molecule has 22 heavy (non-hydrogen) atoms. The molecule has 0 amide bonds. The van der Waals surface area contributed by atoms with Crippen LogP contribution in [0.25, 0.3) is 0 Å². The van der Waals surface area contributed by atoms with Crippen LogP contribution in [0, 0.1) is 13.8 Å². The fourth-order valence-corrected chi connectivity index (χ4v) is 4.50. The summed E-state index contributed by atoms with van der Waals surface area (Å²) in [6.07, 6.45) is 1.07. The Morgan fingerprint density at radius 2 is 1.55 bits per heavy atom. The number of halogens is 1. The number of nitrogens with one attached hydrogen (secondary N) is 2. The van der Waals surface area contributed by atoms with Gasteiger partial charge in [0.05, 0.1) is 9.79 Å². The zero-order valence-electron chi connectivity index (χ0n) is 13.1. The van der Waals surface area contributed by atoms with Gasteiger partial charge in [0, 0.05) is 19.3 Å². The summed E-state index contributed by atoms with van der Waals surface area (Å²) in [6.45, 7) is 6.62. The molecule has 0 unspecified atom stereocenters. The van der Waals surface area contributed by atoms with E-state index in [0.29, 0.717) is 12.1 Å². The second-order valence-electron chi connectivity index (χ2n) is 4.91. The van der Waals surface area contributed by atoms with Crippen molar-refractivity contribution in [3.63, 3.8) is 0 Å². The minimum Gasteiger partial charge on any atom is -0.316 e. The zero-order valence-corrected chi connectivity index (χ0v) is 15.6. The predicted octanol–water partition coefficient (Wildman–Crippen LogP) is 1.02. The molecule has 0 aromatic heterocycles.